The number of benzene rings is 2. The zero-order valence-corrected chi connectivity index (χ0v) is 21.1. The van der Waals surface area contributed by atoms with Crippen molar-refractivity contribution < 1.29 is 27.1 Å². The third-order valence-corrected chi connectivity index (χ3v) is 7.11. The fourth-order valence-electron chi connectivity index (χ4n) is 3.69. The number of halogens is 1. The number of sulfone groups is 1. The molecule has 0 spiro atoms. The number of rotatable bonds is 11. The van der Waals surface area contributed by atoms with Gasteiger partial charge in [-0.1, -0.05) is 24.3 Å². The average molecular weight is 504 g/mol. The van der Waals surface area contributed by atoms with Gasteiger partial charge < -0.3 is 18.9 Å². The first-order chi connectivity index (χ1) is 16.7. The fraction of sp³-hybridized carbons (Fsp3) is 0.360. The van der Waals surface area contributed by atoms with Crippen LogP contribution in [-0.2, 0) is 33.4 Å². The molecular formula is C25H30FN3O5S. The second-order valence-electron chi connectivity index (χ2n) is 8.29. The lowest BCUT2D eigenvalue weighted by molar-refractivity contribution is 0.0679. The number of imidazole rings is 1. The van der Waals surface area contributed by atoms with E-state index in [9.17, 15) is 17.6 Å². The lowest BCUT2D eigenvalue weighted by Crippen LogP contribution is -2.37. The number of carbonyl (C=O) groups excluding carboxylic acids is 1. The zero-order valence-electron chi connectivity index (χ0n) is 20.3. The van der Waals surface area contributed by atoms with E-state index in [0.717, 1.165) is 0 Å². The van der Waals surface area contributed by atoms with E-state index in [1.165, 1.54) is 43.5 Å². The highest BCUT2D eigenvalue weighted by molar-refractivity contribution is 7.90. The van der Waals surface area contributed by atoms with Gasteiger partial charge >= 0.3 is 0 Å². The molecule has 2 aromatic carbocycles. The van der Waals surface area contributed by atoms with Crippen LogP contribution in [0.25, 0.3) is 0 Å². The van der Waals surface area contributed by atoms with Crippen molar-refractivity contribution in [2.75, 3.05) is 20.8 Å². The standard InChI is InChI=1S/C25H30FN3O5S/c1-18(2)29(24(30)22-10-5-6-11-23(22)26)16-20-15-27-25(28(20)12-13-33-3)35(31,32)17-19-8-7-9-21(14-19)34-4/h5-11,14-15,18H,12-13,16-17H2,1-4H3. The Morgan fingerprint density at radius 3 is 2.54 bits per heavy atom. The van der Waals surface area contributed by atoms with Gasteiger partial charge in [0.1, 0.15) is 11.6 Å². The SMILES string of the molecule is COCCn1c(CN(C(=O)c2ccccc2F)C(C)C)cnc1S(=O)(=O)Cc1cccc(OC)c1. The van der Waals surface area contributed by atoms with Gasteiger partial charge in [-0.3, -0.25) is 4.79 Å². The molecule has 1 amide bonds. The van der Waals surface area contributed by atoms with E-state index in [1.807, 2.05) is 13.8 Å². The van der Waals surface area contributed by atoms with E-state index in [4.69, 9.17) is 9.47 Å². The van der Waals surface area contributed by atoms with Gasteiger partial charge in [-0.25, -0.2) is 17.8 Å². The fourth-order valence-corrected chi connectivity index (χ4v) is 5.19. The molecule has 0 radical (unpaired) electrons. The molecule has 0 aliphatic carbocycles. The van der Waals surface area contributed by atoms with Crippen molar-refractivity contribution in [3.8, 4) is 5.75 Å². The molecule has 0 fully saturated rings. The molecule has 188 valence electrons. The molecule has 0 saturated carbocycles. The van der Waals surface area contributed by atoms with Crippen LogP contribution < -0.4 is 4.74 Å². The van der Waals surface area contributed by atoms with E-state index in [1.54, 1.807) is 34.9 Å². The third-order valence-electron chi connectivity index (χ3n) is 5.51. The monoisotopic (exact) mass is 503 g/mol. The predicted octanol–water partition coefficient (Wildman–Crippen LogP) is 3.70. The molecule has 0 bridgehead atoms. The van der Waals surface area contributed by atoms with Crippen molar-refractivity contribution in [2.24, 2.45) is 0 Å². The molecule has 1 aromatic heterocycles. The van der Waals surface area contributed by atoms with E-state index >= 15 is 0 Å². The van der Waals surface area contributed by atoms with Crippen molar-refractivity contribution in [2.45, 2.75) is 43.9 Å². The Morgan fingerprint density at radius 2 is 1.89 bits per heavy atom. The number of methoxy groups -OCH3 is 2. The summed E-state index contributed by atoms with van der Waals surface area (Å²) in [6.45, 7) is 4.15. The van der Waals surface area contributed by atoms with Crippen LogP contribution in [0.2, 0.25) is 0 Å². The van der Waals surface area contributed by atoms with Crippen molar-refractivity contribution in [3.63, 3.8) is 0 Å². The number of amides is 1. The Labute approximate surface area is 205 Å². The van der Waals surface area contributed by atoms with Crippen LogP contribution >= 0.6 is 0 Å². The molecule has 0 atom stereocenters. The highest BCUT2D eigenvalue weighted by atomic mass is 32.2. The third kappa shape index (κ3) is 6.26. The maximum atomic E-state index is 14.3. The summed E-state index contributed by atoms with van der Waals surface area (Å²) in [6.07, 6.45) is 1.44. The summed E-state index contributed by atoms with van der Waals surface area (Å²) < 4.78 is 52.9. The highest BCUT2D eigenvalue weighted by Crippen LogP contribution is 2.22. The largest absolute Gasteiger partial charge is 0.497 e. The van der Waals surface area contributed by atoms with Crippen LogP contribution in [0.1, 0.15) is 35.5 Å². The molecule has 35 heavy (non-hydrogen) atoms. The molecule has 10 heteroatoms. The van der Waals surface area contributed by atoms with Gasteiger partial charge in [-0.2, -0.15) is 0 Å². The average Bonchev–Trinajstić information content (AvgIpc) is 3.24. The molecule has 8 nitrogen and oxygen atoms in total. The first-order valence-corrected chi connectivity index (χ1v) is 12.8. The lowest BCUT2D eigenvalue weighted by Gasteiger charge is -2.27. The highest BCUT2D eigenvalue weighted by Gasteiger charge is 2.27. The molecule has 0 saturated heterocycles. The summed E-state index contributed by atoms with van der Waals surface area (Å²) in [4.78, 5) is 18.8. The summed E-state index contributed by atoms with van der Waals surface area (Å²) in [6, 6.07) is 12.3. The van der Waals surface area contributed by atoms with Crippen molar-refractivity contribution in [3.05, 3.63) is 77.4 Å². The molecule has 0 N–H and O–H groups in total. The normalized spacial score (nSPS) is 11.6. The number of nitrogens with zero attached hydrogens (tertiary/aromatic N) is 3. The van der Waals surface area contributed by atoms with E-state index in [2.05, 4.69) is 4.98 Å². The maximum absolute atomic E-state index is 14.3. The van der Waals surface area contributed by atoms with Crippen LogP contribution in [0.15, 0.2) is 59.9 Å². The smallest absolute Gasteiger partial charge is 0.257 e. The summed E-state index contributed by atoms with van der Waals surface area (Å²) in [7, 11) is -0.805. The summed E-state index contributed by atoms with van der Waals surface area (Å²) >= 11 is 0. The number of carbonyl (C=O) groups is 1. The molecule has 0 aliphatic heterocycles. The predicted molar refractivity (Wildman–Crippen MR) is 129 cm³/mol. The van der Waals surface area contributed by atoms with Crippen LogP contribution in [-0.4, -0.2) is 55.6 Å². The second-order valence-corrected chi connectivity index (χ2v) is 10.2. The Bertz CT molecular complexity index is 1270. The summed E-state index contributed by atoms with van der Waals surface area (Å²) in [5, 5.41) is -0.116. The minimum atomic E-state index is -3.84. The zero-order chi connectivity index (χ0) is 25.6. The van der Waals surface area contributed by atoms with E-state index in [0.29, 0.717) is 17.0 Å². The molecule has 0 aliphatic rings. The number of ether oxygens (including phenoxy) is 2. The lowest BCUT2D eigenvalue weighted by atomic mass is 10.1. The Morgan fingerprint density at radius 1 is 1.14 bits per heavy atom. The minimum Gasteiger partial charge on any atom is -0.497 e. The minimum absolute atomic E-state index is 0.0463. The van der Waals surface area contributed by atoms with Gasteiger partial charge in [0.2, 0.25) is 15.0 Å². The van der Waals surface area contributed by atoms with Crippen LogP contribution in [0, 0.1) is 5.82 Å². The van der Waals surface area contributed by atoms with Crippen molar-refractivity contribution in [1.29, 1.82) is 0 Å². The van der Waals surface area contributed by atoms with Gasteiger partial charge in [0.25, 0.3) is 5.91 Å². The van der Waals surface area contributed by atoms with Crippen molar-refractivity contribution in [1.82, 2.24) is 14.5 Å². The molecule has 0 unspecified atom stereocenters. The van der Waals surface area contributed by atoms with E-state index in [-0.39, 0.29) is 42.2 Å². The van der Waals surface area contributed by atoms with Gasteiger partial charge in [0.05, 0.1) is 43.5 Å². The molecule has 3 aromatic rings. The van der Waals surface area contributed by atoms with Crippen molar-refractivity contribution >= 4 is 15.7 Å². The van der Waals surface area contributed by atoms with Gasteiger partial charge in [0, 0.05) is 19.7 Å². The summed E-state index contributed by atoms with van der Waals surface area (Å²) in [5.74, 6) is -0.813. The first kappa shape index (κ1) is 26.4. The van der Waals surface area contributed by atoms with Gasteiger partial charge in [-0.15, -0.1) is 0 Å². The Balaban J connectivity index is 1.96. The Hall–Kier alpha value is -3.24. The van der Waals surface area contributed by atoms with Gasteiger partial charge in [-0.05, 0) is 43.7 Å². The van der Waals surface area contributed by atoms with Crippen LogP contribution in [0.3, 0.4) is 0 Å². The number of aromatic nitrogens is 2. The van der Waals surface area contributed by atoms with Gasteiger partial charge in [0.15, 0.2) is 0 Å². The molecule has 1 heterocycles. The molecular weight excluding hydrogens is 473 g/mol. The number of hydrogen-bond donors (Lipinski definition) is 0. The van der Waals surface area contributed by atoms with E-state index < -0.39 is 21.6 Å². The van der Waals surface area contributed by atoms with Crippen LogP contribution in [0.4, 0.5) is 4.39 Å². The Kier molecular flexibility index (Phi) is 8.63. The van der Waals surface area contributed by atoms with Crippen LogP contribution in [0.5, 0.6) is 5.75 Å². The quantitative estimate of drug-likeness (QED) is 0.396. The second kappa shape index (κ2) is 11.5. The summed E-state index contributed by atoms with van der Waals surface area (Å²) in [5.41, 5.74) is 1.02. The topological polar surface area (TPSA) is 90.7 Å². The first-order valence-electron chi connectivity index (χ1n) is 11.1. The maximum Gasteiger partial charge on any atom is 0.257 e. The molecule has 3 rings (SSSR count). The number of hydrogen-bond acceptors (Lipinski definition) is 6.